The lowest BCUT2D eigenvalue weighted by Gasteiger charge is -2.20. The van der Waals surface area contributed by atoms with Crippen LogP contribution in [0.1, 0.15) is 45.1 Å². The van der Waals surface area contributed by atoms with E-state index < -0.39 is 0 Å². The molecule has 226 valence electrons. The van der Waals surface area contributed by atoms with Crippen LogP contribution in [0.5, 0.6) is 0 Å². The van der Waals surface area contributed by atoms with Crippen LogP contribution in [0.25, 0.3) is 0 Å². The van der Waals surface area contributed by atoms with Crippen molar-refractivity contribution in [3.05, 3.63) is 97.6 Å². The van der Waals surface area contributed by atoms with Crippen molar-refractivity contribution in [1.82, 2.24) is 10.6 Å². The summed E-state index contributed by atoms with van der Waals surface area (Å²) in [5.41, 5.74) is 1.09. The van der Waals surface area contributed by atoms with E-state index in [4.69, 9.17) is 14.6 Å². The number of carbonyl (C=O) groups is 3. The lowest BCUT2D eigenvalue weighted by molar-refractivity contribution is -0.150. The number of rotatable bonds is 16. The van der Waals surface area contributed by atoms with Crippen LogP contribution in [0, 0.1) is 5.92 Å². The van der Waals surface area contributed by atoms with Crippen molar-refractivity contribution in [3.8, 4) is 0 Å². The van der Waals surface area contributed by atoms with Crippen LogP contribution >= 0.6 is 0 Å². The molecule has 2 aromatic carbocycles. The van der Waals surface area contributed by atoms with Crippen molar-refractivity contribution in [2.45, 2.75) is 58.0 Å². The number of amides is 2. The Labute approximate surface area is 245 Å². The smallest absolute Gasteiger partial charge is 0.309 e. The molecule has 0 aliphatic heterocycles. The van der Waals surface area contributed by atoms with Crippen molar-refractivity contribution in [1.29, 1.82) is 0 Å². The molecule has 0 heterocycles. The Morgan fingerprint density at radius 1 is 0.902 bits per heavy atom. The number of esters is 1. The van der Waals surface area contributed by atoms with Gasteiger partial charge in [-0.15, -0.1) is 13.2 Å². The van der Waals surface area contributed by atoms with Gasteiger partial charge in [0.05, 0.1) is 25.2 Å². The van der Waals surface area contributed by atoms with Gasteiger partial charge in [0, 0.05) is 26.5 Å². The van der Waals surface area contributed by atoms with Gasteiger partial charge in [-0.25, -0.2) is 0 Å². The van der Waals surface area contributed by atoms with E-state index >= 15 is 0 Å². The molecule has 0 bridgehead atoms. The number of ether oxygens (including phenoxy) is 2. The predicted octanol–water partition coefficient (Wildman–Crippen LogP) is 4.64. The minimum absolute atomic E-state index is 0.000417. The summed E-state index contributed by atoms with van der Waals surface area (Å²) in [5, 5.41) is 13.7. The van der Waals surface area contributed by atoms with E-state index in [9.17, 15) is 14.4 Å². The fourth-order valence-electron chi connectivity index (χ4n) is 3.46. The lowest BCUT2D eigenvalue weighted by atomic mass is 9.95. The molecule has 41 heavy (non-hydrogen) atoms. The molecule has 8 heteroatoms. The Morgan fingerprint density at radius 2 is 1.46 bits per heavy atom. The molecular formula is C33H48N2O6. The molecular weight excluding hydrogens is 520 g/mol. The average molecular weight is 569 g/mol. The second kappa shape index (κ2) is 25.2. The number of carbonyl (C=O) groups excluding carboxylic acids is 3. The quantitative estimate of drug-likeness (QED) is 0.201. The molecule has 3 atom stereocenters. The molecule has 0 saturated carbocycles. The molecule has 8 nitrogen and oxygen atoms in total. The van der Waals surface area contributed by atoms with Crippen LogP contribution in [-0.2, 0) is 30.3 Å². The summed E-state index contributed by atoms with van der Waals surface area (Å²) in [4.78, 5) is 34.7. The third kappa shape index (κ3) is 21.7. The van der Waals surface area contributed by atoms with Gasteiger partial charge in [-0.05, 0) is 38.2 Å². The van der Waals surface area contributed by atoms with Gasteiger partial charge in [-0.3, -0.25) is 14.4 Å². The highest BCUT2D eigenvalue weighted by Gasteiger charge is 2.22. The number of allylic oxidation sites excluding steroid dienone is 2. The summed E-state index contributed by atoms with van der Waals surface area (Å²) in [7, 11) is 1.55. The highest BCUT2D eigenvalue weighted by atomic mass is 16.5. The topological polar surface area (TPSA) is 114 Å². The minimum atomic E-state index is -0.368. The molecule has 0 aliphatic carbocycles. The van der Waals surface area contributed by atoms with Crippen LogP contribution < -0.4 is 10.6 Å². The molecule has 2 amide bonds. The summed E-state index contributed by atoms with van der Waals surface area (Å²) in [6, 6.07) is 21.4. The van der Waals surface area contributed by atoms with E-state index in [0.717, 1.165) is 12.0 Å². The van der Waals surface area contributed by atoms with Gasteiger partial charge in [-0.2, -0.15) is 0 Å². The van der Waals surface area contributed by atoms with Crippen LogP contribution in [0.2, 0.25) is 0 Å². The second-order valence-electron chi connectivity index (χ2n) is 9.37. The molecule has 0 saturated heterocycles. The molecule has 0 aromatic heterocycles. The fourth-order valence-corrected chi connectivity index (χ4v) is 3.46. The van der Waals surface area contributed by atoms with Gasteiger partial charge in [0.15, 0.2) is 0 Å². The molecule has 0 fully saturated rings. The highest BCUT2D eigenvalue weighted by molar-refractivity contribution is 5.76. The number of benzene rings is 2. The largest absolute Gasteiger partial charge is 0.463 e. The molecule has 3 N–H and O–H groups in total. The molecule has 0 aliphatic rings. The molecule has 2 rings (SSSR count). The molecule has 0 radical (unpaired) electrons. The normalized spacial score (nSPS) is 12.0. The summed E-state index contributed by atoms with van der Waals surface area (Å²) in [6.07, 6.45) is 6.50. The number of aliphatic hydroxyl groups excluding tert-OH is 1. The maximum atomic E-state index is 12.6. The van der Waals surface area contributed by atoms with E-state index in [1.807, 2.05) is 66.7 Å². The first-order chi connectivity index (χ1) is 19.8. The predicted molar refractivity (Wildman–Crippen MR) is 164 cm³/mol. The van der Waals surface area contributed by atoms with Gasteiger partial charge in [-0.1, -0.05) is 78.9 Å². The maximum Gasteiger partial charge on any atom is 0.309 e. The molecule has 2 aromatic rings. The lowest BCUT2D eigenvalue weighted by Crippen LogP contribution is -2.42. The van der Waals surface area contributed by atoms with E-state index in [1.165, 1.54) is 6.92 Å². The summed E-state index contributed by atoms with van der Waals surface area (Å²) in [5.74, 6) is -0.723. The molecule has 0 spiro atoms. The average Bonchev–Trinajstić information content (AvgIpc) is 2.98. The Balaban J connectivity index is 0.000000925. The van der Waals surface area contributed by atoms with Crippen LogP contribution in [0.15, 0.2) is 92.0 Å². The van der Waals surface area contributed by atoms with Crippen molar-refractivity contribution < 1.29 is 29.0 Å². The summed E-state index contributed by atoms with van der Waals surface area (Å²) >= 11 is 0. The van der Waals surface area contributed by atoms with Crippen LogP contribution in [-0.4, -0.2) is 61.9 Å². The monoisotopic (exact) mass is 568 g/mol. The Hall–Kier alpha value is -3.75. The van der Waals surface area contributed by atoms with E-state index in [2.05, 4.69) is 23.8 Å². The van der Waals surface area contributed by atoms with Gasteiger partial charge in [0.25, 0.3) is 0 Å². The summed E-state index contributed by atoms with van der Waals surface area (Å²) in [6.45, 7) is 10.9. The SMILES string of the molecule is C=CCCC(=O)NC(COC)COC(=O)C(CCC=C)Cc1ccccc1.CC(=O)NC(C)CO.c1ccccc1. The minimum Gasteiger partial charge on any atom is -0.463 e. The van der Waals surface area contributed by atoms with Crippen LogP contribution in [0.4, 0.5) is 0 Å². The zero-order valence-corrected chi connectivity index (χ0v) is 24.8. The first-order valence-corrected chi connectivity index (χ1v) is 13.9. The molecule has 3 unspecified atom stereocenters. The van der Waals surface area contributed by atoms with Crippen molar-refractivity contribution in [2.75, 3.05) is 26.9 Å². The number of hydrogen-bond donors (Lipinski definition) is 3. The van der Waals surface area contributed by atoms with Crippen molar-refractivity contribution in [3.63, 3.8) is 0 Å². The van der Waals surface area contributed by atoms with Gasteiger partial charge in [0.2, 0.25) is 11.8 Å². The van der Waals surface area contributed by atoms with E-state index in [1.54, 1.807) is 26.2 Å². The number of hydrogen-bond acceptors (Lipinski definition) is 6. The van der Waals surface area contributed by atoms with E-state index in [0.29, 0.717) is 25.7 Å². The second-order valence-corrected chi connectivity index (χ2v) is 9.37. The van der Waals surface area contributed by atoms with Gasteiger partial charge < -0.3 is 25.2 Å². The zero-order valence-electron chi connectivity index (χ0n) is 24.8. The van der Waals surface area contributed by atoms with Crippen LogP contribution in [0.3, 0.4) is 0 Å². The maximum absolute atomic E-state index is 12.6. The standard InChI is InChI=1S/C22H31NO4.C6H6.C5H11NO2/c1-4-6-13-19(15-18-11-9-8-10-12-18)22(25)27-17-20(16-26-3)23-21(24)14-7-5-2;1-2-4-6-5-3-1;1-4(3-7)6-5(2)8/h4-5,8-12,19-20H,1-2,6-7,13-17H2,3H3,(H,23,24);1-6H;4,7H,3H2,1-2H3,(H,6,8). The van der Waals surface area contributed by atoms with Gasteiger partial charge >= 0.3 is 5.97 Å². The number of aliphatic hydroxyl groups is 1. The van der Waals surface area contributed by atoms with E-state index in [-0.39, 0.29) is 55.6 Å². The van der Waals surface area contributed by atoms with Crippen molar-refractivity contribution >= 4 is 17.8 Å². The Bertz CT molecular complexity index is 941. The first kappa shape index (κ1) is 37.2. The third-order valence-corrected chi connectivity index (χ3v) is 5.50. The third-order valence-electron chi connectivity index (χ3n) is 5.50. The number of methoxy groups -OCH3 is 1. The van der Waals surface area contributed by atoms with Crippen molar-refractivity contribution in [2.24, 2.45) is 5.92 Å². The van der Waals surface area contributed by atoms with Gasteiger partial charge in [0.1, 0.15) is 6.61 Å². The number of nitrogens with one attached hydrogen (secondary N) is 2. The fraction of sp³-hybridized carbons (Fsp3) is 0.424. The first-order valence-electron chi connectivity index (χ1n) is 13.9. The highest BCUT2D eigenvalue weighted by Crippen LogP contribution is 2.16. The summed E-state index contributed by atoms with van der Waals surface area (Å²) < 4.78 is 10.6. The Morgan fingerprint density at radius 3 is 1.93 bits per heavy atom. The Kier molecular flexibility index (Phi) is 22.9. The zero-order chi connectivity index (χ0) is 30.7.